The molecule has 1 heterocycles. The molecule has 0 atom stereocenters. The summed E-state index contributed by atoms with van der Waals surface area (Å²) in [6.07, 6.45) is 0.652. The average molecular weight is 404 g/mol. The van der Waals surface area contributed by atoms with Gasteiger partial charge in [0.2, 0.25) is 0 Å². The number of nitrogens with one attached hydrogen (secondary N) is 1. The molecule has 0 unspecified atom stereocenters. The van der Waals surface area contributed by atoms with Gasteiger partial charge >= 0.3 is 17.9 Å². The summed E-state index contributed by atoms with van der Waals surface area (Å²) in [5.41, 5.74) is 3.24. The number of rotatable bonds is 9. The largest absolute Gasteiger partial charge is 0.494 e. The molecule has 0 aliphatic carbocycles. The van der Waals surface area contributed by atoms with E-state index in [2.05, 4.69) is 0 Å². The number of aromatic amines is 1. The topological polar surface area (TPSA) is 169 Å². The molecule has 2 rings (SSSR count). The van der Waals surface area contributed by atoms with Crippen molar-refractivity contribution in [1.82, 2.24) is 4.98 Å². The Bertz CT molecular complexity index is 979. The first-order valence-corrected chi connectivity index (χ1v) is 8.67. The van der Waals surface area contributed by atoms with Crippen molar-refractivity contribution in [2.24, 2.45) is 0 Å². The minimum absolute atomic E-state index is 0.177. The highest BCUT2D eigenvalue weighted by molar-refractivity contribution is 6.07. The predicted molar refractivity (Wildman–Crippen MR) is 102 cm³/mol. The molecule has 10 nitrogen and oxygen atoms in total. The van der Waals surface area contributed by atoms with E-state index in [0.29, 0.717) is 18.8 Å². The zero-order chi connectivity index (χ0) is 21.6. The van der Waals surface area contributed by atoms with Crippen LogP contribution in [-0.2, 0) is 9.53 Å². The van der Waals surface area contributed by atoms with Gasteiger partial charge in [-0.3, -0.25) is 9.59 Å². The highest BCUT2D eigenvalue weighted by atomic mass is 16.5. The monoisotopic (exact) mass is 404 g/mol. The number of aromatic nitrogens is 1. The van der Waals surface area contributed by atoms with Crippen LogP contribution in [0.3, 0.4) is 0 Å². The molecular formula is C19H20N2O8. The van der Waals surface area contributed by atoms with Crippen LogP contribution in [0.1, 0.15) is 40.5 Å². The minimum Gasteiger partial charge on any atom is -0.494 e. The molecule has 0 amide bonds. The van der Waals surface area contributed by atoms with E-state index in [1.807, 2.05) is 4.98 Å². The van der Waals surface area contributed by atoms with E-state index in [1.54, 1.807) is 6.92 Å². The van der Waals surface area contributed by atoms with Gasteiger partial charge in [-0.25, -0.2) is 9.59 Å². The molecule has 154 valence electrons. The quantitative estimate of drug-likeness (QED) is 0.359. The number of hydrogen-bond donors (Lipinski definition) is 4. The van der Waals surface area contributed by atoms with Gasteiger partial charge in [0.25, 0.3) is 5.56 Å². The summed E-state index contributed by atoms with van der Waals surface area (Å²) in [7, 11) is 0. The number of nitrogen functional groups attached to an aromatic ring is 1. The van der Waals surface area contributed by atoms with E-state index < -0.39 is 34.4 Å². The molecule has 29 heavy (non-hydrogen) atoms. The Hall–Kier alpha value is -3.82. The molecule has 0 saturated heterocycles. The number of benzene rings is 1. The van der Waals surface area contributed by atoms with Crippen molar-refractivity contribution < 1.29 is 34.1 Å². The van der Waals surface area contributed by atoms with Crippen LogP contribution in [0.2, 0.25) is 0 Å². The molecule has 10 heteroatoms. The number of ether oxygens (including phenoxy) is 2. The maximum absolute atomic E-state index is 12.0. The fraction of sp³-hybridized carbons (Fsp3) is 0.263. The van der Waals surface area contributed by atoms with Crippen LogP contribution in [0, 0.1) is 0 Å². The maximum Gasteiger partial charge on any atom is 0.342 e. The second-order valence-electron chi connectivity index (χ2n) is 5.88. The lowest BCUT2D eigenvalue weighted by atomic mass is 9.95. The number of hydrogen-bond acceptors (Lipinski definition) is 7. The molecule has 2 aromatic rings. The number of H-pyrrole nitrogens is 1. The van der Waals surface area contributed by atoms with Gasteiger partial charge < -0.3 is 30.4 Å². The average Bonchev–Trinajstić information content (AvgIpc) is 2.64. The van der Waals surface area contributed by atoms with E-state index in [-0.39, 0.29) is 30.1 Å². The third-order valence-electron chi connectivity index (χ3n) is 3.91. The standard InChI is InChI=1S/C19H20N2O8/c1-2-28-12(22)4-3-9-29-11-7-5-10(6-8-11)13-14(18(24)25)16(20)21-17(23)15(13)19(26)27/h5-8H,2-4,9H2,1H3,(H,24,25)(H,26,27)(H3,20,21,23). The number of carboxylic acid groups (broad SMARTS) is 2. The number of carbonyl (C=O) groups is 3. The van der Waals surface area contributed by atoms with Crippen molar-refractivity contribution in [2.45, 2.75) is 19.8 Å². The number of carbonyl (C=O) groups excluding carboxylic acids is 1. The highest BCUT2D eigenvalue weighted by Gasteiger charge is 2.26. The molecule has 1 aromatic carbocycles. The first-order valence-electron chi connectivity index (χ1n) is 8.67. The summed E-state index contributed by atoms with van der Waals surface area (Å²) in [5, 5.41) is 18.8. The summed E-state index contributed by atoms with van der Waals surface area (Å²) in [6, 6.07) is 5.84. The van der Waals surface area contributed by atoms with Crippen LogP contribution in [0.4, 0.5) is 5.82 Å². The zero-order valence-electron chi connectivity index (χ0n) is 15.6. The Balaban J connectivity index is 2.28. The van der Waals surface area contributed by atoms with Crippen LogP contribution in [0.25, 0.3) is 11.1 Å². The highest BCUT2D eigenvalue weighted by Crippen LogP contribution is 2.30. The number of anilines is 1. The van der Waals surface area contributed by atoms with Crippen molar-refractivity contribution in [3.8, 4) is 16.9 Å². The van der Waals surface area contributed by atoms with Crippen molar-refractivity contribution in [1.29, 1.82) is 0 Å². The summed E-state index contributed by atoms with van der Waals surface area (Å²) in [5.74, 6) is -3.40. The number of pyridine rings is 1. The molecule has 0 fully saturated rings. The van der Waals surface area contributed by atoms with E-state index in [4.69, 9.17) is 15.2 Å². The van der Waals surface area contributed by atoms with Gasteiger partial charge in [0.1, 0.15) is 22.7 Å². The molecule has 1 aromatic heterocycles. The smallest absolute Gasteiger partial charge is 0.342 e. The van der Waals surface area contributed by atoms with E-state index in [0.717, 1.165) is 0 Å². The van der Waals surface area contributed by atoms with Gasteiger partial charge in [-0.2, -0.15) is 0 Å². The fourth-order valence-corrected chi connectivity index (χ4v) is 2.69. The lowest BCUT2D eigenvalue weighted by Crippen LogP contribution is -2.24. The summed E-state index contributed by atoms with van der Waals surface area (Å²) in [4.78, 5) is 48.5. The SMILES string of the molecule is CCOC(=O)CCCOc1ccc(-c2c(C(=O)O)c(N)[nH]c(=O)c2C(=O)O)cc1. The van der Waals surface area contributed by atoms with E-state index >= 15 is 0 Å². The van der Waals surface area contributed by atoms with Crippen molar-refractivity contribution in [3.63, 3.8) is 0 Å². The molecular weight excluding hydrogens is 384 g/mol. The van der Waals surface area contributed by atoms with Gasteiger partial charge in [0.05, 0.1) is 13.2 Å². The molecule has 0 aliphatic heterocycles. The Labute approximate surface area is 164 Å². The van der Waals surface area contributed by atoms with Crippen molar-refractivity contribution >= 4 is 23.7 Å². The first kappa shape index (κ1) is 21.5. The Kier molecular flexibility index (Phi) is 6.96. The Morgan fingerprint density at radius 3 is 2.24 bits per heavy atom. The van der Waals surface area contributed by atoms with Gasteiger partial charge in [-0.1, -0.05) is 12.1 Å². The third kappa shape index (κ3) is 5.12. The van der Waals surface area contributed by atoms with Crippen molar-refractivity contribution in [2.75, 3.05) is 18.9 Å². The van der Waals surface area contributed by atoms with Gasteiger partial charge in [-0.15, -0.1) is 0 Å². The second kappa shape index (κ2) is 9.40. The second-order valence-corrected chi connectivity index (χ2v) is 5.88. The Morgan fingerprint density at radius 2 is 1.69 bits per heavy atom. The van der Waals surface area contributed by atoms with Gasteiger partial charge in [0, 0.05) is 12.0 Å². The van der Waals surface area contributed by atoms with Crippen LogP contribution in [0.15, 0.2) is 29.1 Å². The predicted octanol–water partition coefficient (Wildman–Crippen LogP) is 1.74. The Morgan fingerprint density at radius 1 is 1.07 bits per heavy atom. The van der Waals surface area contributed by atoms with E-state index in [1.165, 1.54) is 24.3 Å². The molecule has 0 aliphatic rings. The first-order chi connectivity index (χ1) is 13.8. The number of aromatic carboxylic acids is 2. The molecule has 0 bridgehead atoms. The van der Waals surface area contributed by atoms with Crippen LogP contribution >= 0.6 is 0 Å². The van der Waals surface area contributed by atoms with Gasteiger partial charge in [-0.05, 0) is 31.0 Å². The normalized spacial score (nSPS) is 10.4. The van der Waals surface area contributed by atoms with Crippen LogP contribution < -0.4 is 16.0 Å². The summed E-state index contributed by atoms with van der Waals surface area (Å²) < 4.78 is 10.3. The van der Waals surface area contributed by atoms with Crippen LogP contribution in [-0.4, -0.2) is 46.3 Å². The lowest BCUT2D eigenvalue weighted by molar-refractivity contribution is -0.143. The lowest BCUT2D eigenvalue weighted by Gasteiger charge is -2.13. The summed E-state index contributed by atoms with van der Waals surface area (Å²) >= 11 is 0. The number of carboxylic acids is 2. The molecule has 0 spiro atoms. The van der Waals surface area contributed by atoms with E-state index in [9.17, 15) is 29.4 Å². The van der Waals surface area contributed by atoms with Gasteiger partial charge in [0.15, 0.2) is 0 Å². The number of esters is 1. The molecule has 5 N–H and O–H groups in total. The third-order valence-corrected chi connectivity index (χ3v) is 3.91. The molecule has 0 radical (unpaired) electrons. The maximum atomic E-state index is 12.0. The zero-order valence-corrected chi connectivity index (χ0v) is 15.6. The fourth-order valence-electron chi connectivity index (χ4n) is 2.69. The van der Waals surface area contributed by atoms with Crippen LogP contribution in [0.5, 0.6) is 5.75 Å². The summed E-state index contributed by atoms with van der Waals surface area (Å²) in [6.45, 7) is 2.28. The molecule has 0 saturated carbocycles. The minimum atomic E-state index is -1.58. The van der Waals surface area contributed by atoms with Crippen molar-refractivity contribution in [3.05, 3.63) is 45.7 Å². The number of nitrogens with two attached hydrogens (primary N) is 1.